The Hall–Kier alpha value is -2.82. The maximum atomic E-state index is 15.0. The minimum Gasteiger partial charge on any atom is -0.487 e. The highest BCUT2D eigenvalue weighted by molar-refractivity contribution is 5.73. The number of benzene rings is 2. The molecule has 1 saturated carbocycles. The third-order valence-electron chi connectivity index (χ3n) is 7.74. The zero-order valence-corrected chi connectivity index (χ0v) is 21.4. The lowest BCUT2D eigenvalue weighted by molar-refractivity contribution is -0.120. The predicted molar refractivity (Wildman–Crippen MR) is 135 cm³/mol. The Kier molecular flexibility index (Phi) is 7.83. The first-order chi connectivity index (χ1) is 18.2. The lowest BCUT2D eigenvalue weighted by Gasteiger charge is -2.48. The number of hydrogen-bond donors (Lipinski definition) is 4. The minimum absolute atomic E-state index is 0.0318. The molecule has 1 amide bonds. The van der Waals surface area contributed by atoms with Gasteiger partial charge in [0.05, 0.1) is 30.5 Å². The average Bonchev–Trinajstić information content (AvgIpc) is 3.33. The lowest BCUT2D eigenvalue weighted by atomic mass is 9.73. The van der Waals surface area contributed by atoms with Gasteiger partial charge in [0.15, 0.2) is 0 Å². The molecule has 1 aliphatic carbocycles. The first-order valence-corrected chi connectivity index (χ1v) is 13.2. The topological polar surface area (TPSA) is 91.9 Å². The van der Waals surface area contributed by atoms with Gasteiger partial charge in [0, 0.05) is 50.2 Å². The van der Waals surface area contributed by atoms with Gasteiger partial charge in [-0.15, -0.1) is 0 Å². The lowest BCUT2D eigenvalue weighted by Crippen LogP contribution is -2.52. The second kappa shape index (κ2) is 11.1. The fourth-order valence-corrected chi connectivity index (χ4v) is 5.66. The number of ether oxygens (including phenoxy) is 2. The normalized spacial score (nSPS) is 23.2. The van der Waals surface area contributed by atoms with Crippen molar-refractivity contribution in [2.45, 2.75) is 75.3 Å². The van der Waals surface area contributed by atoms with Crippen LogP contribution >= 0.6 is 0 Å². The summed E-state index contributed by atoms with van der Waals surface area (Å²) in [5, 5.41) is 20.4. The van der Waals surface area contributed by atoms with Gasteiger partial charge in [0.25, 0.3) is 0 Å². The molecule has 0 unspecified atom stereocenters. The fourth-order valence-electron chi connectivity index (χ4n) is 5.66. The summed E-state index contributed by atoms with van der Waals surface area (Å²) in [7, 11) is 0. The maximum Gasteiger partial charge on any atom is 0.217 e. The van der Waals surface area contributed by atoms with Gasteiger partial charge in [-0.05, 0) is 55.9 Å². The van der Waals surface area contributed by atoms with Crippen LogP contribution in [-0.4, -0.2) is 54.6 Å². The quantitative estimate of drug-likeness (QED) is 0.393. The molecule has 0 radical (unpaired) electrons. The molecule has 3 aliphatic rings. The summed E-state index contributed by atoms with van der Waals surface area (Å²) in [6.45, 7) is 2.58. The summed E-state index contributed by atoms with van der Waals surface area (Å²) < 4.78 is 54.1. The summed E-state index contributed by atoms with van der Waals surface area (Å²) in [4.78, 5) is 11.8. The highest BCUT2D eigenvalue weighted by Gasteiger charge is 2.46. The van der Waals surface area contributed by atoms with Gasteiger partial charge in [-0.3, -0.25) is 4.79 Å². The SMILES string of the molecule is CC(=O)N[C@@H](Cc1cc(F)cc(F)c1)[C@H](O)CN[C@H]1CC2(CCC2)Oc2cc(F)c(N[C@@H]3CCOC3)cc21. The van der Waals surface area contributed by atoms with Gasteiger partial charge < -0.3 is 30.5 Å². The van der Waals surface area contributed by atoms with Gasteiger partial charge in [-0.25, -0.2) is 13.2 Å². The number of fused-ring (bicyclic) bond motifs is 1. The number of aliphatic hydroxyl groups is 1. The molecule has 4 N–H and O–H groups in total. The highest BCUT2D eigenvalue weighted by atomic mass is 19.1. The van der Waals surface area contributed by atoms with E-state index in [4.69, 9.17) is 9.47 Å². The number of carbonyl (C=O) groups is 1. The van der Waals surface area contributed by atoms with E-state index in [0.717, 1.165) is 37.3 Å². The van der Waals surface area contributed by atoms with Crippen molar-refractivity contribution in [1.82, 2.24) is 10.6 Å². The van der Waals surface area contributed by atoms with Crippen molar-refractivity contribution in [3.05, 3.63) is 58.9 Å². The monoisotopic (exact) mass is 533 g/mol. The first kappa shape index (κ1) is 26.8. The van der Waals surface area contributed by atoms with Gasteiger partial charge in [-0.1, -0.05) is 0 Å². The van der Waals surface area contributed by atoms with Crippen LogP contribution in [0.5, 0.6) is 5.75 Å². The molecule has 4 atom stereocenters. The molecule has 1 saturated heterocycles. The van der Waals surface area contributed by atoms with Crippen LogP contribution in [0.15, 0.2) is 30.3 Å². The van der Waals surface area contributed by atoms with E-state index >= 15 is 0 Å². The van der Waals surface area contributed by atoms with Crippen molar-refractivity contribution in [3.63, 3.8) is 0 Å². The molecule has 2 aromatic rings. The van der Waals surface area contributed by atoms with Crippen molar-refractivity contribution in [1.29, 1.82) is 0 Å². The number of carbonyl (C=O) groups excluding carboxylic acids is 1. The number of rotatable bonds is 9. The zero-order valence-electron chi connectivity index (χ0n) is 21.4. The number of anilines is 1. The molecule has 0 aromatic heterocycles. The second-order valence-corrected chi connectivity index (χ2v) is 10.7. The standard InChI is InChI=1S/C28H34F3N3O4/c1-16(35)33-24(9-17-7-18(29)10-19(30)8-17)26(36)14-32-25-13-28(4-2-5-28)38-27-12-22(31)23(11-21(25)27)34-20-3-6-37-15-20/h7-8,10-12,20,24-26,32,34,36H,2-6,9,13-15H2,1H3,(H,33,35)/t20-,24+,25+,26-/m1/s1. The number of amides is 1. The van der Waals surface area contributed by atoms with Gasteiger partial charge in [-0.2, -0.15) is 0 Å². The van der Waals surface area contributed by atoms with E-state index in [-0.39, 0.29) is 42.4 Å². The minimum atomic E-state index is -1.05. The molecule has 2 aliphatic heterocycles. The highest BCUT2D eigenvalue weighted by Crippen LogP contribution is 2.49. The Morgan fingerprint density at radius 1 is 1.16 bits per heavy atom. The predicted octanol–water partition coefficient (Wildman–Crippen LogP) is 3.75. The van der Waals surface area contributed by atoms with Crippen LogP contribution in [0.2, 0.25) is 0 Å². The van der Waals surface area contributed by atoms with Crippen LogP contribution in [0.3, 0.4) is 0 Å². The summed E-state index contributed by atoms with van der Waals surface area (Å²) in [5.41, 5.74) is 1.13. The Balaban J connectivity index is 1.33. The molecule has 1 spiro atoms. The van der Waals surface area contributed by atoms with Gasteiger partial charge in [0.2, 0.25) is 5.91 Å². The number of nitrogens with one attached hydrogen (secondary N) is 3. The molecule has 2 aromatic carbocycles. The van der Waals surface area contributed by atoms with E-state index < -0.39 is 23.8 Å². The zero-order chi connectivity index (χ0) is 26.9. The summed E-state index contributed by atoms with van der Waals surface area (Å²) in [6.07, 6.45) is 3.22. The Bertz CT molecular complexity index is 1150. The van der Waals surface area contributed by atoms with Crippen LogP contribution < -0.4 is 20.7 Å². The summed E-state index contributed by atoms with van der Waals surface area (Å²) in [5.74, 6) is -1.71. The Morgan fingerprint density at radius 3 is 2.55 bits per heavy atom. The second-order valence-electron chi connectivity index (χ2n) is 10.7. The average molecular weight is 534 g/mol. The van der Waals surface area contributed by atoms with E-state index in [1.54, 1.807) is 6.07 Å². The molecule has 206 valence electrons. The molecule has 7 nitrogen and oxygen atoms in total. The number of aliphatic hydroxyl groups excluding tert-OH is 1. The van der Waals surface area contributed by atoms with Crippen LogP contribution in [0, 0.1) is 17.5 Å². The third kappa shape index (κ3) is 6.08. The Labute approximate surface area is 220 Å². The number of halogens is 3. The molecule has 5 rings (SSSR count). The Morgan fingerprint density at radius 2 is 1.92 bits per heavy atom. The van der Waals surface area contributed by atoms with Crippen LogP contribution in [0.4, 0.5) is 18.9 Å². The smallest absolute Gasteiger partial charge is 0.217 e. The van der Waals surface area contributed by atoms with Crippen molar-refractivity contribution in [2.75, 3.05) is 25.1 Å². The third-order valence-corrected chi connectivity index (χ3v) is 7.74. The summed E-state index contributed by atoms with van der Waals surface area (Å²) in [6, 6.07) is 5.38. The van der Waals surface area contributed by atoms with Crippen molar-refractivity contribution >= 4 is 11.6 Å². The molecular formula is C28H34F3N3O4. The van der Waals surface area contributed by atoms with Crippen LogP contribution in [-0.2, 0) is 16.0 Å². The maximum absolute atomic E-state index is 15.0. The first-order valence-electron chi connectivity index (χ1n) is 13.2. The molecular weight excluding hydrogens is 499 g/mol. The van der Waals surface area contributed by atoms with E-state index in [0.29, 0.717) is 36.6 Å². The summed E-state index contributed by atoms with van der Waals surface area (Å²) >= 11 is 0. The van der Waals surface area contributed by atoms with Crippen molar-refractivity contribution in [3.8, 4) is 5.75 Å². The van der Waals surface area contributed by atoms with E-state index in [1.165, 1.54) is 25.1 Å². The van der Waals surface area contributed by atoms with E-state index in [1.807, 2.05) is 0 Å². The fraction of sp³-hybridized carbons (Fsp3) is 0.536. The van der Waals surface area contributed by atoms with Crippen LogP contribution in [0.1, 0.15) is 56.2 Å². The molecule has 2 heterocycles. The molecule has 10 heteroatoms. The van der Waals surface area contributed by atoms with E-state index in [2.05, 4.69) is 16.0 Å². The molecule has 0 bridgehead atoms. The van der Waals surface area contributed by atoms with Crippen LogP contribution in [0.25, 0.3) is 0 Å². The van der Waals surface area contributed by atoms with Gasteiger partial charge in [0.1, 0.15) is 28.8 Å². The molecule has 38 heavy (non-hydrogen) atoms. The van der Waals surface area contributed by atoms with Crippen molar-refractivity contribution in [2.24, 2.45) is 0 Å². The van der Waals surface area contributed by atoms with E-state index in [9.17, 15) is 23.1 Å². The van der Waals surface area contributed by atoms with Gasteiger partial charge >= 0.3 is 0 Å². The largest absolute Gasteiger partial charge is 0.487 e. The van der Waals surface area contributed by atoms with Crippen molar-refractivity contribution < 1.29 is 32.5 Å². The number of hydrogen-bond acceptors (Lipinski definition) is 6. The molecule has 2 fully saturated rings.